The highest BCUT2D eigenvalue weighted by Crippen LogP contribution is 2.31. The van der Waals surface area contributed by atoms with Gasteiger partial charge in [-0.25, -0.2) is 8.78 Å². The minimum atomic E-state index is -0.855. The summed E-state index contributed by atoms with van der Waals surface area (Å²) in [6.07, 6.45) is 0. The quantitative estimate of drug-likeness (QED) is 0.718. The molecule has 0 aliphatic heterocycles. The molecule has 0 aliphatic rings. The topological polar surface area (TPSA) is 39.2 Å². The zero-order chi connectivity index (χ0) is 15.1. The Labute approximate surface area is 128 Å². The second kappa shape index (κ2) is 5.24. The first-order valence-electron chi connectivity index (χ1n) is 6.36. The summed E-state index contributed by atoms with van der Waals surface area (Å²) in [5, 5.41) is 0.865. The largest absolute Gasteiger partial charge is 0.459 e. The molecule has 3 aromatic rings. The highest BCUT2D eigenvalue weighted by Gasteiger charge is 2.19. The van der Waals surface area contributed by atoms with E-state index < -0.39 is 17.7 Å². The molecule has 1 unspecified atom stereocenters. The van der Waals surface area contributed by atoms with Crippen LogP contribution in [0.1, 0.15) is 22.9 Å². The molecule has 5 heteroatoms. The number of rotatable bonds is 2. The maximum absolute atomic E-state index is 13.8. The van der Waals surface area contributed by atoms with E-state index in [0.29, 0.717) is 11.3 Å². The van der Waals surface area contributed by atoms with Crippen LogP contribution in [-0.2, 0) is 0 Å². The summed E-state index contributed by atoms with van der Waals surface area (Å²) >= 11 is 3.41. The summed E-state index contributed by atoms with van der Waals surface area (Å²) in [4.78, 5) is 0. The molecule has 108 valence electrons. The van der Waals surface area contributed by atoms with Gasteiger partial charge in [0.15, 0.2) is 0 Å². The van der Waals surface area contributed by atoms with Gasteiger partial charge in [0.2, 0.25) is 0 Å². The van der Waals surface area contributed by atoms with Crippen molar-refractivity contribution in [2.24, 2.45) is 5.73 Å². The van der Waals surface area contributed by atoms with E-state index in [1.807, 2.05) is 19.1 Å². The predicted molar refractivity (Wildman–Crippen MR) is 81.0 cm³/mol. The second-order valence-electron chi connectivity index (χ2n) is 4.93. The summed E-state index contributed by atoms with van der Waals surface area (Å²) in [7, 11) is 0. The maximum Gasteiger partial charge on any atom is 0.137 e. The van der Waals surface area contributed by atoms with E-state index in [2.05, 4.69) is 15.9 Å². The van der Waals surface area contributed by atoms with E-state index in [1.165, 1.54) is 0 Å². The number of furan rings is 1. The first-order valence-corrected chi connectivity index (χ1v) is 7.15. The van der Waals surface area contributed by atoms with E-state index in [9.17, 15) is 8.78 Å². The van der Waals surface area contributed by atoms with Crippen LogP contribution >= 0.6 is 15.9 Å². The molecule has 0 spiro atoms. The van der Waals surface area contributed by atoms with Crippen LogP contribution in [0.2, 0.25) is 0 Å². The third kappa shape index (κ3) is 2.59. The summed E-state index contributed by atoms with van der Waals surface area (Å²) < 4.78 is 33.7. The minimum Gasteiger partial charge on any atom is -0.459 e. The van der Waals surface area contributed by atoms with Crippen LogP contribution in [0.5, 0.6) is 0 Å². The van der Waals surface area contributed by atoms with Crippen molar-refractivity contribution < 1.29 is 13.2 Å². The van der Waals surface area contributed by atoms with Crippen molar-refractivity contribution in [3.05, 3.63) is 69.4 Å². The molecule has 21 heavy (non-hydrogen) atoms. The van der Waals surface area contributed by atoms with Gasteiger partial charge in [0.25, 0.3) is 0 Å². The fraction of sp³-hybridized carbons (Fsp3) is 0.125. The van der Waals surface area contributed by atoms with Crippen LogP contribution in [0, 0.1) is 18.6 Å². The van der Waals surface area contributed by atoms with Gasteiger partial charge in [0.1, 0.15) is 23.0 Å². The van der Waals surface area contributed by atoms with E-state index in [1.54, 1.807) is 6.07 Å². The monoisotopic (exact) mass is 351 g/mol. The average Bonchev–Trinajstić information content (AvgIpc) is 2.85. The molecule has 0 saturated carbocycles. The minimum absolute atomic E-state index is 0.0748. The van der Waals surface area contributed by atoms with E-state index in [4.69, 9.17) is 10.2 Å². The maximum atomic E-state index is 13.8. The molecule has 2 aromatic carbocycles. The highest BCUT2D eigenvalue weighted by molar-refractivity contribution is 9.10. The smallest absolute Gasteiger partial charge is 0.137 e. The molecule has 0 radical (unpaired) electrons. The molecule has 1 aromatic heterocycles. The molecule has 0 amide bonds. The normalized spacial score (nSPS) is 12.8. The van der Waals surface area contributed by atoms with E-state index >= 15 is 0 Å². The van der Waals surface area contributed by atoms with Gasteiger partial charge in [0.05, 0.1) is 6.04 Å². The molecule has 0 fully saturated rings. The Bertz CT molecular complexity index is 829. The Morgan fingerprint density at radius 3 is 2.67 bits per heavy atom. The first kappa shape index (κ1) is 14.2. The van der Waals surface area contributed by atoms with Crippen LogP contribution in [-0.4, -0.2) is 0 Å². The van der Waals surface area contributed by atoms with E-state index in [0.717, 1.165) is 33.6 Å². The SMILES string of the molecule is Cc1cc(Br)cc2cc(C(N)c3cc(F)ccc3F)oc12. The predicted octanol–water partition coefficient (Wildman–Crippen LogP) is 4.83. The number of halogens is 3. The van der Waals surface area contributed by atoms with Crippen molar-refractivity contribution in [1.29, 1.82) is 0 Å². The third-order valence-corrected chi connectivity index (χ3v) is 3.84. The lowest BCUT2D eigenvalue weighted by atomic mass is 10.0. The standard InChI is InChI=1S/C16H12BrF2NO/c1-8-4-10(17)5-9-6-14(21-16(8)9)15(20)12-7-11(18)2-3-13(12)19/h2-7,15H,20H2,1H3. The molecule has 3 rings (SSSR count). The van der Waals surface area contributed by atoms with Gasteiger partial charge in [-0.05, 0) is 48.9 Å². The molecule has 1 heterocycles. The van der Waals surface area contributed by atoms with Crippen LogP contribution in [0.4, 0.5) is 8.78 Å². The molecule has 0 saturated heterocycles. The Morgan fingerprint density at radius 2 is 1.90 bits per heavy atom. The molecule has 0 aliphatic carbocycles. The van der Waals surface area contributed by atoms with Gasteiger partial charge < -0.3 is 10.2 Å². The summed E-state index contributed by atoms with van der Waals surface area (Å²) in [5.41, 5.74) is 7.74. The van der Waals surface area contributed by atoms with E-state index in [-0.39, 0.29) is 5.56 Å². The van der Waals surface area contributed by atoms with Crippen LogP contribution < -0.4 is 5.73 Å². The molecule has 2 nitrogen and oxygen atoms in total. The van der Waals surface area contributed by atoms with Crippen LogP contribution in [0.3, 0.4) is 0 Å². The molecular weight excluding hydrogens is 340 g/mol. The van der Waals surface area contributed by atoms with Gasteiger partial charge in [-0.15, -0.1) is 0 Å². The van der Waals surface area contributed by atoms with Crippen LogP contribution in [0.25, 0.3) is 11.0 Å². The van der Waals surface area contributed by atoms with Gasteiger partial charge >= 0.3 is 0 Å². The number of aryl methyl sites for hydroxylation is 1. The van der Waals surface area contributed by atoms with Crippen molar-refractivity contribution in [2.45, 2.75) is 13.0 Å². The number of hydrogen-bond donors (Lipinski definition) is 1. The average molecular weight is 352 g/mol. The summed E-state index contributed by atoms with van der Waals surface area (Å²) in [6, 6.07) is 7.93. The van der Waals surface area contributed by atoms with Crippen molar-refractivity contribution in [3.63, 3.8) is 0 Å². The van der Waals surface area contributed by atoms with Crippen LogP contribution in [0.15, 0.2) is 45.3 Å². The van der Waals surface area contributed by atoms with Gasteiger partial charge in [-0.2, -0.15) is 0 Å². The van der Waals surface area contributed by atoms with Crippen molar-refractivity contribution in [3.8, 4) is 0 Å². The number of hydrogen-bond acceptors (Lipinski definition) is 2. The Morgan fingerprint density at radius 1 is 1.14 bits per heavy atom. The molecule has 1 atom stereocenters. The zero-order valence-corrected chi connectivity index (χ0v) is 12.7. The lowest BCUT2D eigenvalue weighted by Gasteiger charge is -2.10. The second-order valence-corrected chi connectivity index (χ2v) is 5.85. The van der Waals surface area contributed by atoms with Gasteiger partial charge in [-0.1, -0.05) is 15.9 Å². The molecule has 0 bridgehead atoms. The third-order valence-electron chi connectivity index (χ3n) is 3.39. The zero-order valence-electron chi connectivity index (χ0n) is 11.2. The Kier molecular flexibility index (Phi) is 3.55. The van der Waals surface area contributed by atoms with Crippen molar-refractivity contribution >= 4 is 26.9 Å². The number of fused-ring (bicyclic) bond motifs is 1. The van der Waals surface area contributed by atoms with Crippen molar-refractivity contribution in [2.75, 3.05) is 0 Å². The van der Waals surface area contributed by atoms with Gasteiger partial charge in [0, 0.05) is 15.4 Å². The summed E-state index contributed by atoms with van der Waals surface area (Å²) in [6.45, 7) is 1.91. The number of benzene rings is 2. The fourth-order valence-corrected chi connectivity index (χ4v) is 2.95. The fourth-order valence-electron chi connectivity index (χ4n) is 2.36. The first-order chi connectivity index (χ1) is 9.95. The molecule has 2 N–H and O–H groups in total. The highest BCUT2D eigenvalue weighted by atomic mass is 79.9. The summed E-state index contributed by atoms with van der Waals surface area (Å²) in [5.74, 6) is -0.685. The molecular formula is C16H12BrF2NO. The van der Waals surface area contributed by atoms with Gasteiger partial charge in [-0.3, -0.25) is 0 Å². The lowest BCUT2D eigenvalue weighted by molar-refractivity contribution is 0.505. The Balaban J connectivity index is 2.11. The van der Waals surface area contributed by atoms with Crippen molar-refractivity contribution in [1.82, 2.24) is 0 Å². The Hall–Kier alpha value is -1.72. The number of nitrogens with two attached hydrogens (primary N) is 1. The lowest BCUT2D eigenvalue weighted by Crippen LogP contribution is -2.13.